The van der Waals surface area contributed by atoms with Crippen molar-refractivity contribution in [1.29, 1.82) is 5.26 Å². The number of imide groups is 1. The zero-order valence-corrected chi connectivity index (χ0v) is 18.8. The predicted molar refractivity (Wildman–Crippen MR) is 115 cm³/mol. The van der Waals surface area contributed by atoms with Crippen LogP contribution in [0.25, 0.3) is 11.8 Å². The fourth-order valence-electron chi connectivity index (χ4n) is 3.49. The Balaban J connectivity index is 1.85. The molecule has 2 heterocycles. The Kier molecular flexibility index (Phi) is 7.02. The van der Waals surface area contributed by atoms with E-state index in [4.69, 9.17) is 16.3 Å². The normalized spacial score (nSPS) is 14.1. The smallest absolute Gasteiger partial charge is 0.417 e. The number of carbonyl (C=O) groups is 3. The lowest BCUT2D eigenvalue weighted by molar-refractivity contribution is -0.146. The van der Waals surface area contributed by atoms with Crippen molar-refractivity contribution in [2.24, 2.45) is 0 Å². The molecule has 2 aromatic rings. The summed E-state index contributed by atoms with van der Waals surface area (Å²) in [7, 11) is 0. The topological polar surface area (TPSA) is 104 Å². The molecule has 3 amide bonds. The van der Waals surface area contributed by atoms with Gasteiger partial charge >= 0.3 is 18.2 Å². The first kappa shape index (κ1) is 24.9. The molecule has 0 radical (unpaired) electrons. The summed E-state index contributed by atoms with van der Waals surface area (Å²) in [5, 5.41) is 11.4. The van der Waals surface area contributed by atoms with E-state index < -0.39 is 46.8 Å². The van der Waals surface area contributed by atoms with Crippen LogP contribution in [0.2, 0.25) is 5.02 Å². The molecule has 1 saturated heterocycles. The van der Waals surface area contributed by atoms with Crippen molar-refractivity contribution in [1.82, 2.24) is 14.8 Å². The summed E-state index contributed by atoms with van der Waals surface area (Å²) < 4.78 is 46.2. The predicted octanol–water partition coefficient (Wildman–Crippen LogP) is 3.77. The molecular weight excluding hydrogens is 477 g/mol. The van der Waals surface area contributed by atoms with Gasteiger partial charge in [0.1, 0.15) is 11.6 Å². The number of aromatic nitrogens is 1. The molecule has 12 heteroatoms. The highest BCUT2D eigenvalue weighted by molar-refractivity contribution is 6.31. The molecule has 0 atom stereocenters. The number of carbonyl (C=O) groups excluding carboxylic acids is 3. The van der Waals surface area contributed by atoms with Gasteiger partial charge < -0.3 is 14.6 Å². The number of alkyl halides is 3. The summed E-state index contributed by atoms with van der Waals surface area (Å²) in [6.07, 6.45) is -3.43. The second kappa shape index (κ2) is 9.61. The Bertz CT molecular complexity index is 1240. The van der Waals surface area contributed by atoms with Crippen LogP contribution in [0.15, 0.2) is 29.8 Å². The minimum absolute atomic E-state index is 0.142. The van der Waals surface area contributed by atoms with Gasteiger partial charge in [-0.25, -0.2) is 9.59 Å². The molecule has 178 valence electrons. The number of benzene rings is 1. The third kappa shape index (κ3) is 5.07. The van der Waals surface area contributed by atoms with E-state index in [1.807, 2.05) is 0 Å². The minimum Gasteiger partial charge on any atom is -0.451 e. The third-order valence-electron chi connectivity index (χ3n) is 5.11. The fourth-order valence-corrected chi connectivity index (χ4v) is 3.71. The van der Waals surface area contributed by atoms with Gasteiger partial charge in [-0.3, -0.25) is 9.69 Å². The lowest BCUT2D eigenvalue weighted by atomic mass is 10.1. The van der Waals surface area contributed by atoms with Crippen LogP contribution in [0.1, 0.15) is 22.5 Å². The van der Waals surface area contributed by atoms with Crippen molar-refractivity contribution >= 4 is 35.6 Å². The number of hydrogen-bond donors (Lipinski definition) is 1. The molecule has 1 fully saturated rings. The van der Waals surface area contributed by atoms with Gasteiger partial charge in [-0.2, -0.15) is 18.4 Å². The third-order valence-corrected chi connectivity index (χ3v) is 5.44. The number of ether oxygens (including phenoxy) is 1. The van der Waals surface area contributed by atoms with Gasteiger partial charge in [-0.15, -0.1) is 0 Å². The number of esters is 1. The second-order valence-electron chi connectivity index (χ2n) is 7.35. The van der Waals surface area contributed by atoms with Crippen LogP contribution in [-0.2, 0) is 20.5 Å². The van der Waals surface area contributed by atoms with Gasteiger partial charge in [0.25, 0.3) is 5.91 Å². The summed E-state index contributed by atoms with van der Waals surface area (Å²) in [6.45, 7) is 2.96. The lowest BCUT2D eigenvalue weighted by Gasteiger charge is -2.14. The summed E-state index contributed by atoms with van der Waals surface area (Å²) in [6, 6.07) is 6.16. The van der Waals surface area contributed by atoms with Gasteiger partial charge in [0, 0.05) is 30.2 Å². The second-order valence-corrected chi connectivity index (χ2v) is 7.75. The lowest BCUT2D eigenvalue weighted by Crippen LogP contribution is -2.37. The number of amides is 3. The quantitative estimate of drug-likeness (QED) is 0.387. The maximum atomic E-state index is 13.3. The van der Waals surface area contributed by atoms with Gasteiger partial charge in [-0.1, -0.05) is 11.6 Å². The zero-order chi connectivity index (χ0) is 25.2. The molecule has 1 aromatic carbocycles. The first-order valence-electron chi connectivity index (χ1n) is 9.87. The molecule has 1 N–H and O–H groups in total. The van der Waals surface area contributed by atoms with Crippen molar-refractivity contribution in [2.45, 2.75) is 20.0 Å². The van der Waals surface area contributed by atoms with Crippen molar-refractivity contribution in [3.05, 3.63) is 57.4 Å². The van der Waals surface area contributed by atoms with Crippen molar-refractivity contribution < 1.29 is 32.3 Å². The van der Waals surface area contributed by atoms with E-state index in [-0.39, 0.29) is 18.8 Å². The van der Waals surface area contributed by atoms with E-state index in [1.54, 1.807) is 26.0 Å². The summed E-state index contributed by atoms with van der Waals surface area (Å²) in [4.78, 5) is 36.7. The standard InChI is InChI=1S/C22H18ClF3N4O4/c1-12-7-14(13(2)30(12)16-3-4-18(23)17(9-16)22(24,25)26)8-15(10-27)20(32)34-11-19(31)29-6-5-28-21(29)33/h3-4,7-9H,5-6,11H2,1-2H3,(H,28,33)/b15-8-. The molecule has 0 spiro atoms. The minimum atomic E-state index is -4.64. The molecule has 1 aliphatic rings. The average Bonchev–Trinajstić information content (AvgIpc) is 3.32. The van der Waals surface area contributed by atoms with Crippen LogP contribution < -0.4 is 5.32 Å². The number of halogens is 4. The van der Waals surface area contributed by atoms with E-state index in [2.05, 4.69) is 5.32 Å². The number of nitrogens with one attached hydrogen (secondary N) is 1. The Hall–Kier alpha value is -3.78. The van der Waals surface area contributed by atoms with E-state index >= 15 is 0 Å². The highest BCUT2D eigenvalue weighted by Crippen LogP contribution is 2.36. The van der Waals surface area contributed by atoms with E-state index in [9.17, 15) is 32.8 Å². The highest BCUT2D eigenvalue weighted by atomic mass is 35.5. The molecule has 0 saturated carbocycles. The summed E-state index contributed by atoms with van der Waals surface area (Å²) in [5.74, 6) is -1.81. The van der Waals surface area contributed by atoms with Crippen molar-refractivity contribution in [3.8, 4) is 11.8 Å². The van der Waals surface area contributed by atoms with Crippen LogP contribution in [0.4, 0.5) is 18.0 Å². The number of urea groups is 1. The fraction of sp³-hybridized carbons (Fsp3) is 0.273. The summed E-state index contributed by atoms with van der Waals surface area (Å²) >= 11 is 5.70. The van der Waals surface area contributed by atoms with Crippen LogP contribution in [0.5, 0.6) is 0 Å². The van der Waals surface area contributed by atoms with Crippen LogP contribution >= 0.6 is 11.6 Å². The van der Waals surface area contributed by atoms with Gasteiger partial charge in [0.15, 0.2) is 6.61 Å². The highest BCUT2D eigenvalue weighted by Gasteiger charge is 2.33. The SMILES string of the molecule is Cc1cc(/C=C(/C#N)C(=O)OCC(=O)N2CCNC2=O)c(C)n1-c1ccc(Cl)c(C(F)(F)F)c1. The molecule has 1 aliphatic heterocycles. The molecule has 34 heavy (non-hydrogen) atoms. The van der Waals surface area contributed by atoms with Gasteiger partial charge in [0.05, 0.1) is 10.6 Å². The molecule has 0 unspecified atom stereocenters. The zero-order valence-electron chi connectivity index (χ0n) is 18.0. The Morgan fingerprint density at radius 3 is 2.59 bits per heavy atom. The molecule has 0 aliphatic carbocycles. The number of hydrogen-bond acceptors (Lipinski definition) is 5. The molecule has 0 bridgehead atoms. The Labute approximate surface area is 197 Å². The van der Waals surface area contributed by atoms with Crippen LogP contribution in [0.3, 0.4) is 0 Å². The van der Waals surface area contributed by atoms with Crippen LogP contribution in [-0.4, -0.2) is 47.1 Å². The average molecular weight is 495 g/mol. The van der Waals surface area contributed by atoms with Gasteiger partial charge in [0.2, 0.25) is 0 Å². The maximum absolute atomic E-state index is 13.3. The Morgan fingerprint density at radius 1 is 1.29 bits per heavy atom. The summed E-state index contributed by atoms with van der Waals surface area (Å²) in [5.41, 5.74) is 0.167. The number of nitriles is 1. The van der Waals surface area contributed by atoms with Gasteiger partial charge in [-0.05, 0) is 49.8 Å². The van der Waals surface area contributed by atoms with Crippen LogP contribution in [0, 0.1) is 25.2 Å². The molecular formula is C22H18ClF3N4O4. The van der Waals surface area contributed by atoms with E-state index in [1.165, 1.54) is 16.7 Å². The number of nitrogens with zero attached hydrogens (tertiary/aromatic N) is 3. The molecule has 3 rings (SSSR count). The van der Waals surface area contributed by atoms with Crippen molar-refractivity contribution in [2.75, 3.05) is 19.7 Å². The number of aryl methyl sites for hydroxylation is 1. The largest absolute Gasteiger partial charge is 0.451 e. The monoisotopic (exact) mass is 494 g/mol. The Morgan fingerprint density at radius 2 is 2.00 bits per heavy atom. The van der Waals surface area contributed by atoms with E-state index in [0.29, 0.717) is 17.0 Å². The van der Waals surface area contributed by atoms with E-state index in [0.717, 1.165) is 17.0 Å². The first-order chi connectivity index (χ1) is 15.9. The molecule has 1 aromatic heterocycles. The van der Waals surface area contributed by atoms with Crippen molar-refractivity contribution in [3.63, 3.8) is 0 Å². The maximum Gasteiger partial charge on any atom is 0.417 e. The first-order valence-corrected chi connectivity index (χ1v) is 10.2. The number of rotatable bonds is 5. The molecule has 8 nitrogen and oxygen atoms in total.